The van der Waals surface area contributed by atoms with Crippen molar-refractivity contribution in [1.82, 2.24) is 0 Å². The van der Waals surface area contributed by atoms with Crippen LogP contribution >= 0.6 is 12.6 Å². The fourth-order valence-corrected chi connectivity index (χ4v) is 1.59. The van der Waals surface area contributed by atoms with Crippen molar-refractivity contribution in [3.05, 3.63) is 5.56 Å². The van der Waals surface area contributed by atoms with Gasteiger partial charge in [-0.25, -0.2) is 0 Å². The van der Waals surface area contributed by atoms with Crippen molar-refractivity contribution in [3.8, 4) is 5.75 Å². The molecule has 0 aliphatic rings. The number of carbonyl (C=O) groups is 1. The van der Waals surface area contributed by atoms with E-state index in [2.05, 4.69) is 12.6 Å². The smallest absolute Gasteiger partial charge is 0.154 e. The lowest BCUT2D eigenvalue weighted by atomic mass is 9.71. The second-order valence-corrected chi connectivity index (χ2v) is 3.55. The van der Waals surface area contributed by atoms with Crippen molar-refractivity contribution in [3.63, 3.8) is 0 Å². The Hall–Kier alpha value is -0.765. The topological polar surface area (TPSA) is 37.3 Å². The van der Waals surface area contributed by atoms with Gasteiger partial charge >= 0.3 is 0 Å². The summed E-state index contributed by atoms with van der Waals surface area (Å²) in [6.45, 7) is 0. The molecule has 0 aliphatic carbocycles. The molecule has 0 atom stereocenters. The Balaban J connectivity index is 3.66. The largest absolute Gasteiger partial charge is 0.508 e. The third kappa shape index (κ3) is 1.50. The first-order valence-corrected chi connectivity index (χ1v) is 4.42. The molecule has 0 amide bonds. The predicted molar refractivity (Wildman–Crippen MR) is 65.3 cm³/mol. The van der Waals surface area contributed by atoms with Crippen LogP contribution in [0.3, 0.4) is 0 Å². The van der Waals surface area contributed by atoms with Gasteiger partial charge in [0.25, 0.3) is 0 Å². The minimum Gasteiger partial charge on any atom is -0.508 e. The molecule has 0 spiro atoms. The van der Waals surface area contributed by atoms with E-state index in [1.807, 2.05) is 15.7 Å². The maximum atomic E-state index is 10.7. The van der Waals surface area contributed by atoms with Crippen LogP contribution in [0, 0.1) is 0 Å². The normalized spacial score (nSPS) is 9.92. The summed E-state index contributed by atoms with van der Waals surface area (Å²) in [4.78, 5) is 11.2. The average molecular weight is 190 g/mol. The number of carbonyl (C=O) groups excluding carboxylic acids is 1. The number of rotatable bonds is 1. The quantitative estimate of drug-likeness (QED) is 0.271. The Bertz CT molecular complexity index is 349. The van der Waals surface area contributed by atoms with Gasteiger partial charge in [0.2, 0.25) is 0 Å². The van der Waals surface area contributed by atoms with Gasteiger partial charge < -0.3 is 5.11 Å². The van der Waals surface area contributed by atoms with E-state index in [0.717, 1.165) is 16.4 Å². The lowest BCUT2D eigenvalue weighted by Gasteiger charge is -2.13. The highest BCUT2D eigenvalue weighted by Crippen LogP contribution is 2.16. The van der Waals surface area contributed by atoms with Crippen LogP contribution in [0.4, 0.5) is 0 Å². The first kappa shape index (κ1) is 10.3. The Morgan fingerprint density at radius 1 is 1.15 bits per heavy atom. The SMILES string of the molecule is Bc1c(B)c(O)c(C=O)c(S)c1B. The van der Waals surface area contributed by atoms with Crippen LogP contribution in [-0.4, -0.2) is 34.9 Å². The number of aromatic hydroxyl groups is 1. The van der Waals surface area contributed by atoms with Crippen LogP contribution in [0.1, 0.15) is 10.4 Å². The molecule has 0 fully saturated rings. The number of phenols is 1. The summed E-state index contributed by atoms with van der Waals surface area (Å²) in [5.41, 5.74) is 2.95. The van der Waals surface area contributed by atoms with Gasteiger partial charge in [0.15, 0.2) is 6.29 Å². The molecule has 0 heterocycles. The number of hydrogen-bond donors (Lipinski definition) is 2. The number of aldehydes is 1. The zero-order chi connectivity index (χ0) is 10.2. The van der Waals surface area contributed by atoms with Gasteiger partial charge in [-0.2, -0.15) is 0 Å². The molecular weight excluding hydrogens is 181 g/mol. The summed E-state index contributed by atoms with van der Waals surface area (Å²) in [6, 6.07) is 0. The standard InChI is InChI=1S/C7H9B3O2S/c8-3-4(9)6(12)2(1-11)7(13)5(3)10/h1,12-13H,8-10H2. The fourth-order valence-electron chi connectivity index (χ4n) is 1.26. The Kier molecular flexibility index (Phi) is 2.81. The van der Waals surface area contributed by atoms with Crippen LogP contribution in [0.25, 0.3) is 0 Å². The summed E-state index contributed by atoms with van der Waals surface area (Å²) in [5.74, 6) is 0.0445. The maximum absolute atomic E-state index is 10.7. The predicted octanol–water partition coefficient (Wildman–Crippen LogP) is -3.73. The molecule has 0 aliphatic heterocycles. The lowest BCUT2D eigenvalue weighted by molar-refractivity contribution is 0.111. The van der Waals surface area contributed by atoms with E-state index in [0.29, 0.717) is 11.2 Å². The summed E-state index contributed by atoms with van der Waals surface area (Å²) in [6.07, 6.45) is 0.636. The van der Waals surface area contributed by atoms with Gasteiger partial charge in [0.1, 0.15) is 29.3 Å². The van der Waals surface area contributed by atoms with Crippen LogP contribution < -0.4 is 16.4 Å². The summed E-state index contributed by atoms with van der Waals surface area (Å²) in [7, 11) is 5.58. The van der Waals surface area contributed by atoms with Crippen LogP contribution in [0.5, 0.6) is 5.75 Å². The zero-order valence-corrected chi connectivity index (χ0v) is 8.77. The molecule has 0 unspecified atom stereocenters. The second kappa shape index (κ2) is 3.54. The minimum atomic E-state index is 0.0445. The molecule has 1 rings (SSSR count). The molecule has 1 aromatic rings. The van der Waals surface area contributed by atoms with Gasteiger partial charge in [0, 0.05) is 4.90 Å². The monoisotopic (exact) mass is 190 g/mol. The van der Waals surface area contributed by atoms with Crippen molar-refractivity contribution >= 4 is 58.8 Å². The zero-order valence-electron chi connectivity index (χ0n) is 7.88. The Morgan fingerprint density at radius 2 is 1.69 bits per heavy atom. The maximum Gasteiger partial charge on any atom is 0.154 e. The first-order valence-electron chi connectivity index (χ1n) is 3.97. The van der Waals surface area contributed by atoms with E-state index in [9.17, 15) is 9.90 Å². The molecule has 64 valence electrons. The van der Waals surface area contributed by atoms with Gasteiger partial charge in [-0.3, -0.25) is 4.79 Å². The van der Waals surface area contributed by atoms with Crippen LogP contribution in [-0.2, 0) is 0 Å². The van der Waals surface area contributed by atoms with Crippen molar-refractivity contribution in [2.75, 3.05) is 0 Å². The van der Waals surface area contributed by atoms with E-state index in [4.69, 9.17) is 0 Å². The number of phenolic OH excluding ortho intramolecular Hbond substituents is 1. The van der Waals surface area contributed by atoms with Gasteiger partial charge in [-0.1, -0.05) is 16.4 Å². The third-order valence-electron chi connectivity index (χ3n) is 2.46. The van der Waals surface area contributed by atoms with E-state index < -0.39 is 0 Å². The highest BCUT2D eigenvalue weighted by atomic mass is 32.1. The number of thiol groups is 1. The molecule has 1 N–H and O–H groups in total. The van der Waals surface area contributed by atoms with Gasteiger partial charge in [-0.05, 0) is 0 Å². The van der Waals surface area contributed by atoms with Crippen LogP contribution in [0.2, 0.25) is 0 Å². The van der Waals surface area contributed by atoms with E-state index in [1.54, 1.807) is 7.85 Å². The van der Waals surface area contributed by atoms with E-state index >= 15 is 0 Å². The van der Waals surface area contributed by atoms with Gasteiger partial charge in [0.05, 0.1) is 5.56 Å². The third-order valence-corrected chi connectivity index (χ3v) is 3.04. The molecule has 0 bridgehead atoms. The van der Waals surface area contributed by atoms with Crippen molar-refractivity contribution in [2.24, 2.45) is 0 Å². The molecule has 13 heavy (non-hydrogen) atoms. The molecule has 0 saturated carbocycles. The first-order chi connectivity index (χ1) is 6.00. The minimum absolute atomic E-state index is 0.0445. The van der Waals surface area contributed by atoms with E-state index in [1.165, 1.54) is 0 Å². The van der Waals surface area contributed by atoms with Crippen LogP contribution in [0.15, 0.2) is 4.90 Å². The van der Waals surface area contributed by atoms with Gasteiger partial charge in [-0.15, -0.1) is 12.6 Å². The average Bonchev–Trinajstić information content (AvgIpc) is 2.13. The number of hydrogen-bond acceptors (Lipinski definition) is 3. The molecule has 0 radical (unpaired) electrons. The summed E-state index contributed by atoms with van der Waals surface area (Å²) >= 11 is 4.19. The lowest BCUT2D eigenvalue weighted by Crippen LogP contribution is -2.40. The van der Waals surface area contributed by atoms with Crippen molar-refractivity contribution in [1.29, 1.82) is 0 Å². The highest BCUT2D eigenvalue weighted by molar-refractivity contribution is 7.80. The van der Waals surface area contributed by atoms with Crippen molar-refractivity contribution in [2.45, 2.75) is 4.90 Å². The molecular formula is C7H9B3O2S. The summed E-state index contributed by atoms with van der Waals surface area (Å²) < 4.78 is 0. The Labute approximate surface area is 85.4 Å². The molecule has 0 saturated heterocycles. The highest BCUT2D eigenvalue weighted by Gasteiger charge is 2.13. The molecule has 2 nitrogen and oxygen atoms in total. The molecule has 0 aromatic heterocycles. The summed E-state index contributed by atoms with van der Waals surface area (Å²) in [5, 5.41) is 9.60. The number of benzene rings is 1. The van der Waals surface area contributed by atoms with E-state index in [-0.39, 0.29) is 11.3 Å². The van der Waals surface area contributed by atoms with Crippen molar-refractivity contribution < 1.29 is 9.90 Å². The molecule has 1 aromatic carbocycles. The second-order valence-electron chi connectivity index (χ2n) is 3.10. The Morgan fingerprint density at radius 3 is 2.15 bits per heavy atom. The molecule has 6 heteroatoms. The fraction of sp³-hybridized carbons (Fsp3) is 0.